The van der Waals surface area contributed by atoms with E-state index in [1.807, 2.05) is 36.4 Å². The summed E-state index contributed by atoms with van der Waals surface area (Å²) >= 11 is 0. The molecule has 1 amide bonds. The van der Waals surface area contributed by atoms with Gasteiger partial charge in [0.2, 0.25) is 0 Å². The third kappa shape index (κ3) is 4.81. The van der Waals surface area contributed by atoms with Crippen molar-refractivity contribution in [3.05, 3.63) is 83.0 Å². The smallest absolute Gasteiger partial charge is 0.279 e. The Kier molecular flexibility index (Phi) is 6.58. The second kappa shape index (κ2) is 10.1. The molecule has 3 heterocycles. The topological polar surface area (TPSA) is 88.3 Å². The first-order chi connectivity index (χ1) is 17.1. The van der Waals surface area contributed by atoms with E-state index in [1.165, 1.54) is 21.3 Å². The standard InChI is InChI=1S/C26H29N7O2/c1-30-19-28-22-23(29-33(24(22)26(30)35)21-11-6-3-7-12-21)25(34)27-13-8-14-31-15-17-32(18-16-31)20-9-4-2-5-10-20/h2-7,9-12,19H,8,13-18H2,1H3,(H,27,34). The Morgan fingerprint density at radius 1 is 0.943 bits per heavy atom. The highest BCUT2D eigenvalue weighted by Crippen LogP contribution is 2.18. The van der Waals surface area contributed by atoms with Crippen LogP contribution in [0.4, 0.5) is 5.69 Å². The number of hydrogen-bond donors (Lipinski definition) is 1. The van der Waals surface area contributed by atoms with Gasteiger partial charge in [0.25, 0.3) is 11.5 Å². The Labute approximate surface area is 203 Å². The number of fused-ring (bicyclic) bond motifs is 1. The number of piperazine rings is 1. The van der Waals surface area contributed by atoms with Crippen LogP contribution in [0.5, 0.6) is 0 Å². The van der Waals surface area contributed by atoms with E-state index < -0.39 is 0 Å². The summed E-state index contributed by atoms with van der Waals surface area (Å²) in [5, 5.41) is 7.44. The van der Waals surface area contributed by atoms with Crippen LogP contribution in [0.3, 0.4) is 0 Å². The molecule has 9 nitrogen and oxygen atoms in total. The van der Waals surface area contributed by atoms with Crippen molar-refractivity contribution in [3.63, 3.8) is 0 Å². The molecular formula is C26H29N7O2. The summed E-state index contributed by atoms with van der Waals surface area (Å²) in [7, 11) is 1.64. The van der Waals surface area contributed by atoms with E-state index in [1.54, 1.807) is 7.05 Å². The van der Waals surface area contributed by atoms with Gasteiger partial charge in [0.15, 0.2) is 11.2 Å². The molecule has 180 valence electrons. The van der Waals surface area contributed by atoms with Crippen molar-refractivity contribution in [1.29, 1.82) is 0 Å². The Balaban J connectivity index is 1.20. The summed E-state index contributed by atoms with van der Waals surface area (Å²) in [4.78, 5) is 35.0. The first-order valence-electron chi connectivity index (χ1n) is 11.9. The number of amides is 1. The van der Waals surface area contributed by atoms with Crippen LogP contribution in [0.25, 0.3) is 16.7 Å². The number of carbonyl (C=O) groups is 1. The highest BCUT2D eigenvalue weighted by molar-refractivity contribution is 6.03. The van der Waals surface area contributed by atoms with Gasteiger partial charge >= 0.3 is 0 Å². The van der Waals surface area contributed by atoms with Gasteiger partial charge in [-0.1, -0.05) is 36.4 Å². The number of para-hydroxylation sites is 2. The van der Waals surface area contributed by atoms with E-state index in [0.29, 0.717) is 23.3 Å². The third-order valence-electron chi connectivity index (χ3n) is 6.39. The van der Waals surface area contributed by atoms with Crippen LogP contribution in [0.1, 0.15) is 16.9 Å². The minimum absolute atomic E-state index is 0.165. The fourth-order valence-electron chi connectivity index (χ4n) is 4.45. The van der Waals surface area contributed by atoms with Crippen LogP contribution in [-0.2, 0) is 7.05 Å². The zero-order chi connectivity index (χ0) is 24.2. The van der Waals surface area contributed by atoms with E-state index in [9.17, 15) is 9.59 Å². The van der Waals surface area contributed by atoms with Gasteiger partial charge in [-0.3, -0.25) is 14.5 Å². The zero-order valence-corrected chi connectivity index (χ0v) is 19.8. The molecule has 0 aliphatic carbocycles. The highest BCUT2D eigenvalue weighted by Gasteiger charge is 2.22. The first-order valence-corrected chi connectivity index (χ1v) is 11.9. The second-order valence-electron chi connectivity index (χ2n) is 8.73. The maximum Gasteiger partial charge on any atom is 0.279 e. The summed E-state index contributed by atoms with van der Waals surface area (Å²) < 4.78 is 2.90. The Hall–Kier alpha value is -3.98. The summed E-state index contributed by atoms with van der Waals surface area (Å²) in [6, 6.07) is 19.8. The number of rotatable bonds is 7. The summed E-state index contributed by atoms with van der Waals surface area (Å²) in [5.74, 6) is -0.320. The van der Waals surface area contributed by atoms with Crippen LogP contribution in [0.15, 0.2) is 71.8 Å². The van der Waals surface area contributed by atoms with Crippen molar-refractivity contribution in [2.75, 3.05) is 44.2 Å². The molecular weight excluding hydrogens is 442 g/mol. The molecule has 5 rings (SSSR count). The van der Waals surface area contributed by atoms with Crippen molar-refractivity contribution in [1.82, 2.24) is 29.5 Å². The number of aromatic nitrogens is 4. The van der Waals surface area contributed by atoms with E-state index in [4.69, 9.17) is 0 Å². The van der Waals surface area contributed by atoms with E-state index in [2.05, 4.69) is 49.5 Å². The van der Waals surface area contributed by atoms with Crippen LogP contribution < -0.4 is 15.8 Å². The molecule has 1 aliphatic heterocycles. The number of nitrogens with zero attached hydrogens (tertiary/aromatic N) is 6. The lowest BCUT2D eigenvalue weighted by Crippen LogP contribution is -2.47. The minimum Gasteiger partial charge on any atom is -0.369 e. The molecule has 1 N–H and O–H groups in total. The van der Waals surface area contributed by atoms with Gasteiger partial charge in [0.1, 0.15) is 5.52 Å². The van der Waals surface area contributed by atoms with Crippen molar-refractivity contribution >= 4 is 22.6 Å². The fourth-order valence-corrected chi connectivity index (χ4v) is 4.45. The van der Waals surface area contributed by atoms with Gasteiger partial charge in [-0.2, -0.15) is 5.10 Å². The number of benzene rings is 2. The molecule has 2 aromatic heterocycles. The van der Waals surface area contributed by atoms with Crippen molar-refractivity contribution in [2.45, 2.75) is 6.42 Å². The van der Waals surface area contributed by atoms with Crippen LogP contribution in [-0.4, -0.2) is 69.4 Å². The van der Waals surface area contributed by atoms with Gasteiger partial charge < -0.3 is 14.8 Å². The molecule has 1 fully saturated rings. The maximum absolute atomic E-state index is 13.0. The largest absolute Gasteiger partial charge is 0.369 e. The molecule has 35 heavy (non-hydrogen) atoms. The molecule has 9 heteroatoms. The molecule has 2 aromatic carbocycles. The van der Waals surface area contributed by atoms with Gasteiger partial charge in [-0.25, -0.2) is 9.67 Å². The second-order valence-corrected chi connectivity index (χ2v) is 8.73. The predicted octanol–water partition coefficient (Wildman–Crippen LogP) is 2.06. The average molecular weight is 472 g/mol. The number of anilines is 1. The van der Waals surface area contributed by atoms with E-state index in [-0.39, 0.29) is 17.2 Å². The molecule has 1 aliphatic rings. The van der Waals surface area contributed by atoms with Gasteiger partial charge in [0, 0.05) is 45.5 Å². The molecule has 0 unspecified atom stereocenters. The predicted molar refractivity (Wildman–Crippen MR) is 136 cm³/mol. The summed E-state index contributed by atoms with van der Waals surface area (Å²) in [5.41, 5.74) is 2.49. The molecule has 0 saturated carbocycles. The molecule has 0 atom stereocenters. The molecule has 0 radical (unpaired) electrons. The fraction of sp³-hybridized carbons (Fsp3) is 0.308. The first kappa shape index (κ1) is 22.8. The molecule has 0 spiro atoms. The summed E-state index contributed by atoms with van der Waals surface area (Å²) in [6.45, 7) is 5.45. The lowest BCUT2D eigenvalue weighted by molar-refractivity contribution is 0.0947. The molecule has 1 saturated heterocycles. The van der Waals surface area contributed by atoms with Crippen LogP contribution in [0, 0.1) is 0 Å². The van der Waals surface area contributed by atoms with Crippen molar-refractivity contribution in [3.8, 4) is 5.69 Å². The molecule has 0 bridgehead atoms. The Morgan fingerprint density at radius 3 is 2.29 bits per heavy atom. The van der Waals surface area contributed by atoms with Gasteiger partial charge in [-0.05, 0) is 37.2 Å². The lowest BCUT2D eigenvalue weighted by atomic mass is 10.2. The van der Waals surface area contributed by atoms with Crippen molar-refractivity contribution in [2.24, 2.45) is 7.05 Å². The number of aryl methyl sites for hydroxylation is 1. The van der Waals surface area contributed by atoms with Crippen LogP contribution in [0.2, 0.25) is 0 Å². The summed E-state index contributed by atoms with van der Waals surface area (Å²) in [6.07, 6.45) is 2.26. The third-order valence-corrected chi connectivity index (χ3v) is 6.39. The minimum atomic E-state index is -0.320. The van der Waals surface area contributed by atoms with Crippen LogP contribution >= 0.6 is 0 Å². The van der Waals surface area contributed by atoms with E-state index in [0.717, 1.165) is 39.1 Å². The number of hydrogen-bond acceptors (Lipinski definition) is 6. The Bertz CT molecular complexity index is 1360. The van der Waals surface area contributed by atoms with Gasteiger partial charge in [-0.15, -0.1) is 0 Å². The Morgan fingerprint density at radius 2 is 1.60 bits per heavy atom. The maximum atomic E-state index is 13.0. The zero-order valence-electron chi connectivity index (χ0n) is 19.8. The normalized spacial score (nSPS) is 14.4. The van der Waals surface area contributed by atoms with E-state index >= 15 is 0 Å². The number of carbonyl (C=O) groups excluding carboxylic acids is 1. The number of nitrogens with one attached hydrogen (secondary N) is 1. The monoisotopic (exact) mass is 471 g/mol. The highest BCUT2D eigenvalue weighted by atomic mass is 16.2. The quantitative estimate of drug-likeness (QED) is 0.415. The average Bonchev–Trinajstić information content (AvgIpc) is 3.30. The SMILES string of the molecule is Cn1cnc2c(C(=O)NCCCN3CCN(c4ccccc4)CC3)nn(-c3ccccc3)c2c1=O. The van der Waals surface area contributed by atoms with Crippen molar-refractivity contribution < 1.29 is 4.79 Å². The molecule has 4 aromatic rings. The van der Waals surface area contributed by atoms with Gasteiger partial charge in [0.05, 0.1) is 12.0 Å². The lowest BCUT2D eigenvalue weighted by Gasteiger charge is -2.36.